The van der Waals surface area contributed by atoms with E-state index in [0.29, 0.717) is 16.4 Å². The molecule has 1 heterocycles. The van der Waals surface area contributed by atoms with Crippen LogP contribution >= 0.6 is 11.3 Å². The van der Waals surface area contributed by atoms with Crippen LogP contribution < -0.4 is 5.32 Å². The van der Waals surface area contributed by atoms with E-state index in [1.807, 2.05) is 0 Å². The van der Waals surface area contributed by atoms with Gasteiger partial charge in [-0.15, -0.1) is 11.3 Å². The Labute approximate surface area is 134 Å². The Kier molecular flexibility index (Phi) is 4.03. The number of rotatable bonds is 4. The highest BCUT2D eigenvalue weighted by Crippen LogP contribution is 2.28. The quantitative estimate of drug-likeness (QED) is 0.737. The molecule has 0 aliphatic heterocycles. The summed E-state index contributed by atoms with van der Waals surface area (Å²) in [5, 5.41) is 13.9. The number of benzene rings is 2. The molecule has 2 aromatic carbocycles. The lowest BCUT2D eigenvalue weighted by atomic mass is 10.1. The average molecular weight is 332 g/mol. The second kappa shape index (κ2) is 6.13. The topological polar surface area (TPSA) is 62.2 Å². The summed E-state index contributed by atoms with van der Waals surface area (Å²) in [4.78, 5) is 15.3. The number of carboxylic acid groups (broad SMARTS) is 1. The first-order valence-electron chi connectivity index (χ1n) is 6.54. The molecule has 4 nitrogen and oxygen atoms in total. The van der Waals surface area contributed by atoms with Gasteiger partial charge in [0.1, 0.15) is 11.6 Å². The summed E-state index contributed by atoms with van der Waals surface area (Å²) >= 11 is 1.24. The molecule has 7 heteroatoms. The van der Waals surface area contributed by atoms with Crippen LogP contribution in [-0.2, 0) is 0 Å². The summed E-state index contributed by atoms with van der Waals surface area (Å²) in [5.74, 6) is -2.39. The predicted molar refractivity (Wildman–Crippen MR) is 84.2 cm³/mol. The van der Waals surface area contributed by atoms with Gasteiger partial charge in [0.05, 0.1) is 16.9 Å². The van der Waals surface area contributed by atoms with E-state index in [4.69, 9.17) is 5.11 Å². The molecule has 116 valence electrons. The molecule has 0 spiro atoms. The third-order valence-corrected chi connectivity index (χ3v) is 3.84. The summed E-state index contributed by atoms with van der Waals surface area (Å²) in [6.45, 7) is 0. The van der Waals surface area contributed by atoms with Gasteiger partial charge in [0.25, 0.3) is 0 Å². The van der Waals surface area contributed by atoms with Crippen molar-refractivity contribution in [3.63, 3.8) is 0 Å². The van der Waals surface area contributed by atoms with E-state index >= 15 is 0 Å². The van der Waals surface area contributed by atoms with E-state index < -0.39 is 17.6 Å². The molecule has 0 radical (unpaired) electrons. The van der Waals surface area contributed by atoms with Crippen LogP contribution in [0.25, 0.3) is 11.3 Å². The van der Waals surface area contributed by atoms with Crippen LogP contribution in [0.15, 0.2) is 47.8 Å². The monoisotopic (exact) mass is 332 g/mol. The molecule has 0 aliphatic carbocycles. The average Bonchev–Trinajstić information content (AvgIpc) is 2.99. The van der Waals surface area contributed by atoms with Crippen LogP contribution in [0.4, 0.5) is 19.6 Å². The van der Waals surface area contributed by atoms with Crippen molar-refractivity contribution >= 4 is 28.1 Å². The Morgan fingerprint density at radius 2 is 2.00 bits per heavy atom. The number of hydrogen-bond donors (Lipinski definition) is 2. The zero-order valence-corrected chi connectivity index (χ0v) is 12.4. The normalized spacial score (nSPS) is 10.5. The van der Waals surface area contributed by atoms with Gasteiger partial charge in [0, 0.05) is 17.0 Å². The van der Waals surface area contributed by atoms with Crippen LogP contribution in [0.1, 0.15) is 10.4 Å². The molecule has 0 saturated carbocycles. The Morgan fingerprint density at radius 3 is 2.74 bits per heavy atom. The van der Waals surface area contributed by atoms with Gasteiger partial charge < -0.3 is 10.4 Å². The molecule has 0 amide bonds. The Bertz CT molecular complexity index is 880. The van der Waals surface area contributed by atoms with Gasteiger partial charge in [-0.2, -0.15) is 0 Å². The lowest BCUT2D eigenvalue weighted by Gasteiger charge is -2.04. The van der Waals surface area contributed by atoms with Crippen molar-refractivity contribution < 1.29 is 18.7 Å². The Morgan fingerprint density at radius 1 is 1.17 bits per heavy atom. The molecule has 0 atom stereocenters. The third-order valence-electron chi connectivity index (χ3n) is 3.08. The molecule has 3 aromatic rings. The Balaban J connectivity index is 1.86. The molecular weight excluding hydrogens is 322 g/mol. The second-order valence-electron chi connectivity index (χ2n) is 4.67. The number of aromatic nitrogens is 1. The van der Waals surface area contributed by atoms with Crippen molar-refractivity contribution in [2.45, 2.75) is 0 Å². The van der Waals surface area contributed by atoms with Gasteiger partial charge in [0.2, 0.25) is 0 Å². The predicted octanol–water partition coefficient (Wildman–Crippen LogP) is 4.53. The fourth-order valence-electron chi connectivity index (χ4n) is 1.98. The number of nitrogens with zero attached hydrogens (tertiary/aromatic N) is 1. The summed E-state index contributed by atoms with van der Waals surface area (Å²) in [5.41, 5.74) is 1.50. The zero-order valence-electron chi connectivity index (χ0n) is 11.6. The first-order valence-corrected chi connectivity index (χ1v) is 7.42. The first-order chi connectivity index (χ1) is 11.0. The van der Waals surface area contributed by atoms with Crippen molar-refractivity contribution in [2.24, 2.45) is 0 Å². The van der Waals surface area contributed by atoms with Gasteiger partial charge in [-0.25, -0.2) is 18.6 Å². The van der Waals surface area contributed by atoms with E-state index in [2.05, 4.69) is 10.3 Å². The molecule has 2 N–H and O–H groups in total. The molecule has 3 rings (SSSR count). The lowest BCUT2D eigenvalue weighted by molar-refractivity contribution is 0.0697. The number of carboxylic acids is 1. The van der Waals surface area contributed by atoms with Crippen molar-refractivity contribution in [3.8, 4) is 11.3 Å². The van der Waals surface area contributed by atoms with Crippen LogP contribution in [-0.4, -0.2) is 16.1 Å². The van der Waals surface area contributed by atoms with Crippen molar-refractivity contribution in [2.75, 3.05) is 5.32 Å². The smallest absolute Gasteiger partial charge is 0.335 e. The fourth-order valence-corrected chi connectivity index (χ4v) is 2.71. The maximum Gasteiger partial charge on any atom is 0.335 e. The SMILES string of the molecule is O=C(O)c1cccc(-c2csc(Nc3ccc(F)cc3F)n2)c1. The molecule has 23 heavy (non-hydrogen) atoms. The van der Waals surface area contributed by atoms with Crippen molar-refractivity contribution in [3.05, 3.63) is 65.0 Å². The number of thiazole rings is 1. The van der Waals surface area contributed by atoms with Crippen LogP contribution in [0, 0.1) is 11.6 Å². The highest BCUT2D eigenvalue weighted by atomic mass is 32.1. The third kappa shape index (κ3) is 3.35. The molecule has 0 aliphatic rings. The maximum atomic E-state index is 13.6. The molecule has 0 saturated heterocycles. The number of nitrogens with one attached hydrogen (secondary N) is 1. The summed E-state index contributed by atoms with van der Waals surface area (Å²) in [6, 6.07) is 9.60. The molecule has 0 bridgehead atoms. The van der Waals surface area contributed by atoms with E-state index in [-0.39, 0.29) is 11.3 Å². The van der Waals surface area contributed by atoms with Gasteiger partial charge >= 0.3 is 5.97 Å². The minimum atomic E-state index is -1.02. The van der Waals surface area contributed by atoms with Gasteiger partial charge in [-0.05, 0) is 24.3 Å². The van der Waals surface area contributed by atoms with Crippen LogP contribution in [0.3, 0.4) is 0 Å². The van der Waals surface area contributed by atoms with E-state index in [0.717, 1.165) is 12.1 Å². The Hall–Kier alpha value is -2.80. The fraction of sp³-hybridized carbons (Fsp3) is 0. The largest absolute Gasteiger partial charge is 0.478 e. The zero-order chi connectivity index (χ0) is 16.4. The lowest BCUT2D eigenvalue weighted by Crippen LogP contribution is -1.96. The molecule has 1 aromatic heterocycles. The number of halogens is 2. The van der Waals surface area contributed by atoms with E-state index in [1.165, 1.54) is 29.5 Å². The molecule has 0 fully saturated rings. The molecule has 0 unspecified atom stereocenters. The minimum absolute atomic E-state index is 0.117. The van der Waals surface area contributed by atoms with Gasteiger partial charge in [0.15, 0.2) is 5.13 Å². The van der Waals surface area contributed by atoms with Gasteiger partial charge in [-0.1, -0.05) is 12.1 Å². The first kappa shape index (κ1) is 15.1. The van der Waals surface area contributed by atoms with Crippen molar-refractivity contribution in [1.82, 2.24) is 4.98 Å². The maximum absolute atomic E-state index is 13.6. The van der Waals surface area contributed by atoms with Gasteiger partial charge in [-0.3, -0.25) is 0 Å². The molecular formula is C16H10F2N2O2S. The number of hydrogen-bond acceptors (Lipinski definition) is 4. The van der Waals surface area contributed by atoms with Crippen molar-refractivity contribution in [1.29, 1.82) is 0 Å². The van der Waals surface area contributed by atoms with Crippen LogP contribution in [0.5, 0.6) is 0 Å². The highest BCUT2D eigenvalue weighted by Gasteiger charge is 2.10. The summed E-state index contributed by atoms with van der Waals surface area (Å²) in [7, 11) is 0. The minimum Gasteiger partial charge on any atom is -0.478 e. The van der Waals surface area contributed by atoms with Crippen LogP contribution in [0.2, 0.25) is 0 Å². The van der Waals surface area contributed by atoms with E-state index in [1.54, 1.807) is 17.5 Å². The number of aromatic carboxylic acids is 1. The standard InChI is InChI=1S/C16H10F2N2O2S/c17-11-4-5-13(12(18)7-11)19-16-20-14(8-23-16)9-2-1-3-10(6-9)15(21)22/h1-8H,(H,19,20)(H,21,22). The summed E-state index contributed by atoms with van der Waals surface area (Å²) in [6.07, 6.45) is 0. The number of anilines is 2. The highest BCUT2D eigenvalue weighted by molar-refractivity contribution is 7.14. The number of carbonyl (C=O) groups is 1. The second-order valence-corrected chi connectivity index (χ2v) is 5.53. The summed E-state index contributed by atoms with van der Waals surface area (Å²) < 4.78 is 26.5. The van der Waals surface area contributed by atoms with E-state index in [9.17, 15) is 13.6 Å².